The lowest BCUT2D eigenvalue weighted by molar-refractivity contribution is -0.00538. The van der Waals surface area contributed by atoms with E-state index in [9.17, 15) is 0 Å². The quantitative estimate of drug-likeness (QED) is 0.417. The summed E-state index contributed by atoms with van der Waals surface area (Å²) in [7, 11) is 0. The van der Waals surface area contributed by atoms with Gasteiger partial charge in [0.15, 0.2) is 0 Å². The minimum atomic E-state index is 0. The van der Waals surface area contributed by atoms with E-state index in [1.54, 1.807) is 6.08 Å². The van der Waals surface area contributed by atoms with Crippen molar-refractivity contribution in [3.63, 3.8) is 0 Å². The molecule has 0 aromatic carbocycles. The van der Waals surface area contributed by atoms with Gasteiger partial charge in [0.05, 0.1) is 6.42 Å². The summed E-state index contributed by atoms with van der Waals surface area (Å²) >= 11 is 3.28. The van der Waals surface area contributed by atoms with Crippen molar-refractivity contribution in [2.24, 2.45) is 0 Å². The van der Waals surface area contributed by atoms with Crippen LogP contribution in [0.2, 0.25) is 0 Å². The van der Waals surface area contributed by atoms with Gasteiger partial charge in [-0.25, -0.2) is 0 Å². The standard InChI is InChI=1S/C6H5BrN2.H2O/c7-5-1-3-6(9-8)4-2-5;/h1-3H,4H2;1H2. The number of hydrogen-bond donors (Lipinski definition) is 0. The zero-order valence-corrected chi connectivity index (χ0v) is 6.80. The number of halogens is 1. The average molecular weight is 203 g/mol. The smallest absolute Gasteiger partial charge is 0.295 e. The van der Waals surface area contributed by atoms with Gasteiger partial charge in [0.2, 0.25) is 0 Å². The maximum atomic E-state index is 8.27. The van der Waals surface area contributed by atoms with Gasteiger partial charge in [-0.1, -0.05) is 22.0 Å². The molecular weight excluding hydrogens is 196 g/mol. The molecule has 1 rings (SSSR count). The molecule has 0 saturated heterocycles. The van der Waals surface area contributed by atoms with Gasteiger partial charge in [-0.05, 0) is 6.08 Å². The van der Waals surface area contributed by atoms with Gasteiger partial charge >= 0.3 is 0 Å². The first-order chi connectivity index (χ1) is 4.33. The van der Waals surface area contributed by atoms with Crippen molar-refractivity contribution in [1.82, 2.24) is 0 Å². The Hall–Kier alpha value is -0.700. The molecule has 2 N–H and O–H groups in total. The highest BCUT2D eigenvalue weighted by Gasteiger charge is 2.04. The second-order valence-corrected chi connectivity index (χ2v) is 2.63. The van der Waals surface area contributed by atoms with Crippen molar-refractivity contribution in [3.8, 4) is 0 Å². The van der Waals surface area contributed by atoms with Crippen LogP contribution in [0.15, 0.2) is 22.7 Å². The molecule has 54 valence electrons. The molecule has 0 aromatic heterocycles. The highest BCUT2D eigenvalue weighted by atomic mass is 79.9. The monoisotopic (exact) mass is 202 g/mol. The Labute approximate surface area is 67.1 Å². The van der Waals surface area contributed by atoms with Crippen LogP contribution in [0.25, 0.3) is 5.53 Å². The van der Waals surface area contributed by atoms with Crippen LogP contribution in [0.1, 0.15) is 6.42 Å². The largest absolute Gasteiger partial charge is 0.412 e. The first-order valence-electron chi connectivity index (χ1n) is 2.57. The Bertz CT molecular complexity index is 226. The molecule has 0 fully saturated rings. The van der Waals surface area contributed by atoms with E-state index in [2.05, 4.69) is 20.7 Å². The van der Waals surface area contributed by atoms with Crippen LogP contribution < -0.4 is 0 Å². The van der Waals surface area contributed by atoms with Crippen molar-refractivity contribution in [1.29, 1.82) is 0 Å². The summed E-state index contributed by atoms with van der Waals surface area (Å²) in [5.74, 6) is 0. The topological polar surface area (TPSA) is 67.9 Å². The summed E-state index contributed by atoms with van der Waals surface area (Å²) in [6.07, 6.45) is 6.26. The Morgan fingerprint density at radius 3 is 2.60 bits per heavy atom. The number of allylic oxidation sites excluding steroid dienone is 4. The highest BCUT2D eigenvalue weighted by Crippen LogP contribution is 2.12. The van der Waals surface area contributed by atoms with Crippen LogP contribution in [0, 0.1) is 0 Å². The SMILES string of the molecule is O.[N-]=[N+]=C1C=CC(Br)=CC1. The van der Waals surface area contributed by atoms with Crippen LogP contribution in [-0.4, -0.2) is 16.0 Å². The van der Waals surface area contributed by atoms with Crippen molar-refractivity contribution in [2.75, 3.05) is 0 Å². The minimum Gasteiger partial charge on any atom is -0.412 e. The van der Waals surface area contributed by atoms with Crippen LogP contribution in [-0.2, 0) is 0 Å². The van der Waals surface area contributed by atoms with E-state index < -0.39 is 0 Å². The third kappa shape index (κ3) is 2.27. The van der Waals surface area contributed by atoms with E-state index in [4.69, 9.17) is 5.53 Å². The first-order valence-corrected chi connectivity index (χ1v) is 3.37. The average Bonchev–Trinajstić information content (AvgIpc) is 1.90. The van der Waals surface area contributed by atoms with Gasteiger partial charge in [-0.2, -0.15) is 4.79 Å². The van der Waals surface area contributed by atoms with E-state index in [1.165, 1.54) is 0 Å². The fourth-order valence-corrected chi connectivity index (χ4v) is 0.882. The molecule has 0 aromatic rings. The van der Waals surface area contributed by atoms with Crippen LogP contribution in [0.4, 0.5) is 0 Å². The van der Waals surface area contributed by atoms with Gasteiger partial charge in [0, 0.05) is 10.6 Å². The predicted octanol–water partition coefficient (Wildman–Crippen LogP) is 1.07. The zero-order chi connectivity index (χ0) is 6.69. The van der Waals surface area contributed by atoms with Crippen molar-refractivity contribution >= 4 is 21.6 Å². The number of hydrogen-bond acceptors (Lipinski definition) is 0. The van der Waals surface area contributed by atoms with E-state index in [0.29, 0.717) is 12.1 Å². The lowest BCUT2D eigenvalue weighted by atomic mass is 10.2. The van der Waals surface area contributed by atoms with Gasteiger partial charge in [-0.15, -0.1) is 0 Å². The lowest BCUT2D eigenvalue weighted by Crippen LogP contribution is -1.95. The molecule has 0 unspecified atom stereocenters. The molecule has 0 amide bonds. The molecule has 1 aliphatic rings. The first kappa shape index (κ1) is 9.30. The zero-order valence-electron chi connectivity index (χ0n) is 5.21. The van der Waals surface area contributed by atoms with E-state index in [0.717, 1.165) is 4.48 Å². The second-order valence-electron chi connectivity index (χ2n) is 1.72. The molecule has 10 heavy (non-hydrogen) atoms. The van der Waals surface area contributed by atoms with Gasteiger partial charge in [0.1, 0.15) is 0 Å². The number of rotatable bonds is 0. The van der Waals surface area contributed by atoms with E-state index in [-0.39, 0.29) is 5.48 Å². The third-order valence-electron chi connectivity index (χ3n) is 1.07. The fraction of sp³-hybridized carbons (Fsp3) is 0.167. The summed E-state index contributed by atoms with van der Waals surface area (Å²) in [6, 6.07) is 0. The Kier molecular flexibility index (Phi) is 3.88. The summed E-state index contributed by atoms with van der Waals surface area (Å²) in [5.41, 5.74) is 8.96. The molecule has 1 aliphatic carbocycles. The molecule has 0 saturated carbocycles. The molecule has 0 spiro atoms. The molecule has 0 heterocycles. The van der Waals surface area contributed by atoms with Crippen molar-refractivity contribution in [3.05, 3.63) is 28.2 Å². The summed E-state index contributed by atoms with van der Waals surface area (Å²) in [6.45, 7) is 0. The summed E-state index contributed by atoms with van der Waals surface area (Å²) in [4.78, 5) is 3.05. The minimum absolute atomic E-state index is 0. The Morgan fingerprint density at radius 1 is 1.50 bits per heavy atom. The van der Waals surface area contributed by atoms with Crippen molar-refractivity contribution < 1.29 is 10.3 Å². The van der Waals surface area contributed by atoms with Crippen LogP contribution >= 0.6 is 15.9 Å². The predicted molar refractivity (Wildman–Crippen MR) is 43.0 cm³/mol. The fourth-order valence-electron chi connectivity index (χ4n) is 0.588. The molecule has 0 radical (unpaired) electrons. The van der Waals surface area contributed by atoms with E-state index in [1.807, 2.05) is 12.2 Å². The van der Waals surface area contributed by atoms with Crippen molar-refractivity contribution in [2.45, 2.75) is 6.42 Å². The molecule has 3 nitrogen and oxygen atoms in total. The van der Waals surface area contributed by atoms with Gasteiger partial charge in [-0.3, -0.25) is 0 Å². The van der Waals surface area contributed by atoms with Gasteiger partial charge < -0.3 is 11.0 Å². The molecule has 4 heteroatoms. The highest BCUT2D eigenvalue weighted by molar-refractivity contribution is 9.11. The Morgan fingerprint density at radius 2 is 2.20 bits per heavy atom. The lowest BCUT2D eigenvalue weighted by Gasteiger charge is -1.92. The van der Waals surface area contributed by atoms with Crippen LogP contribution in [0.3, 0.4) is 0 Å². The summed E-state index contributed by atoms with van der Waals surface area (Å²) in [5, 5.41) is 0. The number of nitrogens with zero attached hydrogens (tertiary/aromatic N) is 2. The molecule has 0 bridgehead atoms. The third-order valence-corrected chi connectivity index (χ3v) is 1.66. The molecule has 0 atom stereocenters. The summed E-state index contributed by atoms with van der Waals surface area (Å²) < 4.78 is 1.04. The normalized spacial score (nSPS) is 15.3. The van der Waals surface area contributed by atoms with E-state index >= 15 is 0 Å². The van der Waals surface area contributed by atoms with Crippen LogP contribution in [0.5, 0.6) is 0 Å². The molecule has 0 aliphatic heterocycles. The maximum Gasteiger partial charge on any atom is 0.295 e. The maximum absolute atomic E-state index is 8.27. The Balaban J connectivity index is 0.000000810. The van der Waals surface area contributed by atoms with Gasteiger partial charge in [0.25, 0.3) is 5.71 Å². The second kappa shape index (κ2) is 4.17. The molecular formula is C6H7BrN2O.